The van der Waals surface area contributed by atoms with Gasteiger partial charge in [-0.25, -0.2) is 9.97 Å². The molecule has 166 valence electrons. The second-order valence-electron chi connectivity index (χ2n) is 8.26. The lowest BCUT2D eigenvalue weighted by atomic mass is 10.0. The molecule has 0 N–H and O–H groups in total. The fourth-order valence-corrected chi connectivity index (χ4v) is 5.64. The molecule has 0 amide bonds. The van der Waals surface area contributed by atoms with E-state index in [0.717, 1.165) is 64.9 Å². The molecule has 1 aliphatic heterocycles. The van der Waals surface area contributed by atoms with Crippen LogP contribution < -0.4 is 4.74 Å². The Morgan fingerprint density at radius 1 is 1.06 bits per heavy atom. The molecule has 0 spiro atoms. The maximum Gasteiger partial charge on any atom is 0.212 e. The number of aryl methyl sites for hydroxylation is 1. The average Bonchev–Trinajstić information content (AvgIpc) is 3.39. The number of aromatic nitrogens is 5. The van der Waals surface area contributed by atoms with Gasteiger partial charge in [0.2, 0.25) is 5.88 Å². The fraction of sp³-hybridized carbons (Fsp3) is 0.348. The molecule has 1 saturated heterocycles. The Hall–Kier alpha value is -2.11. The minimum absolute atomic E-state index is 0.466. The zero-order chi connectivity index (χ0) is 22.2. The number of methoxy groups -OCH3 is 1. The van der Waals surface area contributed by atoms with Crippen LogP contribution in [0, 0.1) is 6.92 Å². The van der Waals surface area contributed by atoms with Gasteiger partial charge in [0.05, 0.1) is 18.8 Å². The van der Waals surface area contributed by atoms with Crippen LogP contribution in [0.4, 0.5) is 0 Å². The molecule has 5 heterocycles. The van der Waals surface area contributed by atoms with Crippen molar-refractivity contribution in [3.63, 3.8) is 0 Å². The molecule has 0 atom stereocenters. The van der Waals surface area contributed by atoms with E-state index in [-0.39, 0.29) is 0 Å². The van der Waals surface area contributed by atoms with E-state index in [4.69, 9.17) is 14.8 Å². The van der Waals surface area contributed by atoms with Gasteiger partial charge in [-0.15, -0.1) is 0 Å². The molecule has 1 aliphatic rings. The third-order valence-corrected chi connectivity index (χ3v) is 7.93. The van der Waals surface area contributed by atoms with Crippen molar-refractivity contribution in [3.8, 4) is 28.1 Å². The maximum atomic E-state index is 5.22. The van der Waals surface area contributed by atoms with Crippen molar-refractivity contribution in [1.29, 1.82) is 0 Å². The monoisotopic (exact) mass is 560 g/mol. The number of rotatable bonds is 5. The van der Waals surface area contributed by atoms with Gasteiger partial charge in [-0.1, -0.05) is 0 Å². The Bertz CT molecular complexity index is 1240. The highest BCUT2D eigenvalue weighted by Crippen LogP contribution is 2.36. The number of likely N-dealkylation sites (tertiary alicyclic amines) is 1. The molecule has 32 heavy (non-hydrogen) atoms. The van der Waals surface area contributed by atoms with Gasteiger partial charge in [-0.2, -0.15) is 5.10 Å². The van der Waals surface area contributed by atoms with Gasteiger partial charge < -0.3 is 9.64 Å². The summed E-state index contributed by atoms with van der Waals surface area (Å²) in [5.74, 6) is 0.608. The van der Waals surface area contributed by atoms with Crippen molar-refractivity contribution in [1.82, 2.24) is 28.6 Å². The zero-order valence-corrected chi connectivity index (χ0v) is 21.3. The van der Waals surface area contributed by atoms with Gasteiger partial charge in [-0.05, 0) is 52.0 Å². The lowest BCUT2D eigenvalue weighted by molar-refractivity contribution is 0.212. The van der Waals surface area contributed by atoms with Gasteiger partial charge in [0, 0.05) is 88.8 Å². The molecule has 0 bridgehead atoms. The standard InChI is InChI=1S/C23H25IN6OS/c1-15-20(13-29(27-15)18-6-8-28(2)9-7-18)17-10-19-21(14-30(32-24)23(19)26-12-17)16-4-5-22(31-3)25-11-16/h4-5,10-14,18H,6-9H2,1-3H3. The lowest BCUT2D eigenvalue weighted by Crippen LogP contribution is -2.31. The van der Waals surface area contributed by atoms with Gasteiger partial charge in [0.1, 0.15) is 0 Å². The number of hydrogen-bond acceptors (Lipinski definition) is 6. The highest BCUT2D eigenvalue weighted by atomic mass is 127. The summed E-state index contributed by atoms with van der Waals surface area (Å²) in [6.45, 7) is 4.32. The van der Waals surface area contributed by atoms with E-state index >= 15 is 0 Å². The summed E-state index contributed by atoms with van der Waals surface area (Å²) >= 11 is 2.29. The highest BCUT2D eigenvalue weighted by Gasteiger charge is 2.21. The topological polar surface area (TPSA) is 61.0 Å². The van der Waals surface area contributed by atoms with Crippen molar-refractivity contribution in [2.45, 2.75) is 25.8 Å². The van der Waals surface area contributed by atoms with Gasteiger partial charge in [-0.3, -0.25) is 8.65 Å². The number of nitrogens with zero attached hydrogens (tertiary/aromatic N) is 6. The van der Waals surface area contributed by atoms with Gasteiger partial charge in [0.25, 0.3) is 0 Å². The predicted octanol–water partition coefficient (Wildman–Crippen LogP) is 5.39. The Balaban J connectivity index is 1.56. The Labute approximate surface area is 203 Å². The summed E-state index contributed by atoms with van der Waals surface area (Å²) in [5.41, 5.74) is 6.37. The SMILES string of the molecule is COc1ccc(-c2cn(SI)c3ncc(-c4cn(C5CCN(C)CC5)nc4C)cc23)cn1. The largest absolute Gasteiger partial charge is 0.481 e. The first kappa shape index (κ1) is 21.7. The van der Waals surface area contributed by atoms with Crippen LogP contribution in [0.3, 0.4) is 0 Å². The van der Waals surface area contributed by atoms with Crippen LogP contribution >= 0.6 is 30.3 Å². The minimum Gasteiger partial charge on any atom is -0.481 e. The Morgan fingerprint density at radius 3 is 2.53 bits per heavy atom. The molecule has 7 nitrogen and oxygen atoms in total. The third kappa shape index (κ3) is 4.01. The van der Waals surface area contributed by atoms with Crippen LogP contribution in [0.5, 0.6) is 5.88 Å². The molecule has 0 saturated carbocycles. The molecular formula is C23H25IN6OS. The van der Waals surface area contributed by atoms with Crippen LogP contribution in [0.2, 0.25) is 0 Å². The first-order valence-corrected chi connectivity index (χ1v) is 13.9. The molecule has 1 fully saturated rings. The normalized spacial score (nSPS) is 15.5. The fourth-order valence-electron chi connectivity index (χ4n) is 4.38. The molecule has 4 aromatic heterocycles. The van der Waals surface area contributed by atoms with Crippen LogP contribution in [0.15, 0.2) is 43.0 Å². The summed E-state index contributed by atoms with van der Waals surface area (Å²) in [7, 11) is 5.43. The number of ether oxygens (including phenoxy) is 1. The summed E-state index contributed by atoms with van der Waals surface area (Å²) in [5, 5.41) is 5.97. The summed E-state index contributed by atoms with van der Waals surface area (Å²) in [4.78, 5) is 11.6. The Morgan fingerprint density at radius 2 is 1.84 bits per heavy atom. The van der Waals surface area contributed by atoms with E-state index in [2.05, 4.69) is 72.2 Å². The molecule has 0 radical (unpaired) electrons. The van der Waals surface area contributed by atoms with E-state index in [0.29, 0.717) is 11.9 Å². The Kier molecular flexibility index (Phi) is 6.13. The molecular weight excluding hydrogens is 535 g/mol. The van der Waals surface area contributed by atoms with E-state index in [1.807, 2.05) is 24.5 Å². The first-order valence-electron chi connectivity index (χ1n) is 10.6. The highest BCUT2D eigenvalue weighted by molar-refractivity contribution is 14.2. The van der Waals surface area contributed by atoms with E-state index in [9.17, 15) is 0 Å². The first-order chi connectivity index (χ1) is 15.6. The maximum absolute atomic E-state index is 5.22. The van der Waals surface area contributed by atoms with Crippen LogP contribution in [-0.4, -0.2) is 55.9 Å². The quantitative estimate of drug-likeness (QED) is 0.305. The third-order valence-electron chi connectivity index (χ3n) is 6.23. The molecule has 9 heteroatoms. The van der Waals surface area contributed by atoms with E-state index in [1.54, 1.807) is 16.2 Å². The second-order valence-corrected chi connectivity index (χ2v) is 9.98. The summed E-state index contributed by atoms with van der Waals surface area (Å²) in [6.07, 6.45) is 10.4. The molecule has 0 aliphatic carbocycles. The van der Waals surface area contributed by atoms with Gasteiger partial charge >= 0.3 is 0 Å². The summed E-state index contributed by atoms with van der Waals surface area (Å²) in [6, 6.07) is 6.63. The van der Waals surface area contributed by atoms with Crippen LogP contribution in [-0.2, 0) is 0 Å². The predicted molar refractivity (Wildman–Crippen MR) is 138 cm³/mol. The number of halogens is 1. The van der Waals surface area contributed by atoms with Crippen LogP contribution in [0.1, 0.15) is 24.6 Å². The molecule has 4 aromatic rings. The molecule has 0 aromatic carbocycles. The smallest absolute Gasteiger partial charge is 0.212 e. The van der Waals surface area contributed by atoms with Crippen molar-refractivity contribution < 1.29 is 4.74 Å². The number of fused-ring (bicyclic) bond motifs is 1. The second kappa shape index (κ2) is 9.03. The van der Waals surface area contributed by atoms with Crippen molar-refractivity contribution in [3.05, 3.63) is 48.7 Å². The van der Waals surface area contributed by atoms with Crippen molar-refractivity contribution in [2.24, 2.45) is 0 Å². The van der Waals surface area contributed by atoms with Crippen LogP contribution in [0.25, 0.3) is 33.3 Å². The lowest BCUT2D eigenvalue weighted by Gasteiger charge is -2.29. The number of hydrogen-bond donors (Lipinski definition) is 0. The average molecular weight is 560 g/mol. The zero-order valence-electron chi connectivity index (χ0n) is 18.3. The van der Waals surface area contributed by atoms with Crippen molar-refractivity contribution >= 4 is 41.4 Å². The van der Waals surface area contributed by atoms with Crippen molar-refractivity contribution in [2.75, 3.05) is 27.2 Å². The number of pyridine rings is 2. The van der Waals surface area contributed by atoms with E-state index in [1.165, 1.54) is 0 Å². The summed E-state index contributed by atoms with van der Waals surface area (Å²) < 4.78 is 9.48. The minimum atomic E-state index is 0.466. The molecule has 5 rings (SSSR count). The van der Waals surface area contributed by atoms with E-state index < -0.39 is 0 Å². The number of piperidine rings is 1. The van der Waals surface area contributed by atoms with Gasteiger partial charge in [0.15, 0.2) is 5.65 Å². The molecule has 0 unspecified atom stereocenters.